The first-order chi connectivity index (χ1) is 13.8. The molecule has 0 aromatic heterocycles. The number of carbonyl (C=O) groups is 1. The monoisotopic (exact) mass is 419 g/mol. The molecular formula is C21H25NO6S. The van der Waals surface area contributed by atoms with E-state index in [1.807, 2.05) is 30.3 Å². The number of benzene rings is 2. The van der Waals surface area contributed by atoms with Gasteiger partial charge >= 0.3 is 0 Å². The van der Waals surface area contributed by atoms with Crippen LogP contribution >= 0.6 is 0 Å². The number of sulfone groups is 1. The number of carbonyl (C=O) groups excluding carboxylic acids is 1. The molecule has 0 N–H and O–H groups in total. The minimum Gasteiger partial charge on any atom is -0.493 e. The Morgan fingerprint density at radius 2 is 1.72 bits per heavy atom. The van der Waals surface area contributed by atoms with Gasteiger partial charge in [-0.25, -0.2) is 8.42 Å². The van der Waals surface area contributed by atoms with Gasteiger partial charge in [0.15, 0.2) is 21.3 Å². The van der Waals surface area contributed by atoms with E-state index in [1.165, 1.54) is 19.1 Å². The van der Waals surface area contributed by atoms with Crippen LogP contribution in [0.3, 0.4) is 0 Å². The molecule has 1 fully saturated rings. The molecule has 0 aliphatic carbocycles. The van der Waals surface area contributed by atoms with E-state index in [0.717, 1.165) is 5.56 Å². The van der Waals surface area contributed by atoms with Gasteiger partial charge in [0, 0.05) is 18.7 Å². The number of amides is 1. The maximum Gasteiger partial charge on any atom is 0.254 e. The third-order valence-corrected chi connectivity index (χ3v) is 6.76. The maximum atomic E-state index is 12.9. The van der Waals surface area contributed by atoms with Crippen molar-refractivity contribution >= 4 is 15.7 Å². The molecule has 0 saturated carbocycles. The number of ether oxygens (including phenoxy) is 3. The normalized spacial score (nSPS) is 17.6. The first-order valence-corrected chi connectivity index (χ1v) is 11.1. The molecule has 2 aromatic rings. The summed E-state index contributed by atoms with van der Waals surface area (Å²) in [6, 6.07) is 12.5. The van der Waals surface area contributed by atoms with E-state index >= 15 is 0 Å². The van der Waals surface area contributed by atoms with Crippen LogP contribution in [0.4, 0.5) is 0 Å². The standard InChI is InChI=1S/C21H25NO6S/c1-22(17-9-10-29(24,25)14-17)21(23)16-11-18(26-2)20(19(12-16)27-3)28-13-15-7-5-4-6-8-15/h4-8,11-12,17H,9-10,13-14H2,1-3H3. The van der Waals surface area contributed by atoms with Crippen molar-refractivity contribution in [2.45, 2.75) is 19.1 Å². The van der Waals surface area contributed by atoms with Crippen molar-refractivity contribution in [2.75, 3.05) is 32.8 Å². The Bertz CT molecular complexity index is 949. The molecule has 0 spiro atoms. The fraction of sp³-hybridized carbons (Fsp3) is 0.381. The van der Waals surface area contributed by atoms with Gasteiger partial charge in [0.1, 0.15) is 6.61 Å². The Morgan fingerprint density at radius 3 is 2.24 bits per heavy atom. The molecule has 1 aliphatic rings. The highest BCUT2D eigenvalue weighted by molar-refractivity contribution is 7.91. The molecule has 1 atom stereocenters. The smallest absolute Gasteiger partial charge is 0.254 e. The molecule has 1 saturated heterocycles. The molecule has 1 unspecified atom stereocenters. The van der Waals surface area contributed by atoms with Gasteiger partial charge in [-0.1, -0.05) is 30.3 Å². The molecule has 3 rings (SSSR count). The molecule has 8 heteroatoms. The van der Waals surface area contributed by atoms with E-state index in [9.17, 15) is 13.2 Å². The zero-order valence-corrected chi connectivity index (χ0v) is 17.6. The molecule has 7 nitrogen and oxygen atoms in total. The van der Waals surface area contributed by atoms with Crippen LogP contribution in [-0.2, 0) is 16.4 Å². The fourth-order valence-corrected chi connectivity index (χ4v) is 5.10. The van der Waals surface area contributed by atoms with Crippen molar-refractivity contribution < 1.29 is 27.4 Å². The molecule has 0 radical (unpaired) electrons. The van der Waals surface area contributed by atoms with E-state index in [1.54, 1.807) is 19.2 Å². The zero-order valence-electron chi connectivity index (χ0n) is 16.8. The summed E-state index contributed by atoms with van der Waals surface area (Å²) in [5.74, 6) is 0.947. The quantitative estimate of drug-likeness (QED) is 0.686. The highest BCUT2D eigenvalue weighted by Gasteiger charge is 2.33. The van der Waals surface area contributed by atoms with Gasteiger partial charge in [-0.05, 0) is 24.1 Å². The average Bonchev–Trinajstić information content (AvgIpc) is 3.10. The van der Waals surface area contributed by atoms with Gasteiger partial charge in [0.25, 0.3) is 5.91 Å². The van der Waals surface area contributed by atoms with E-state index in [2.05, 4.69) is 0 Å². The van der Waals surface area contributed by atoms with Crippen LogP contribution in [-0.4, -0.2) is 58.0 Å². The van der Waals surface area contributed by atoms with Crippen molar-refractivity contribution in [1.29, 1.82) is 0 Å². The Kier molecular flexibility index (Phi) is 6.32. The van der Waals surface area contributed by atoms with Crippen molar-refractivity contribution in [3.05, 3.63) is 53.6 Å². The predicted octanol–water partition coefficient (Wildman–Crippen LogP) is 2.54. The van der Waals surface area contributed by atoms with Crippen LogP contribution < -0.4 is 14.2 Å². The second kappa shape index (κ2) is 8.73. The minimum absolute atomic E-state index is 0.0121. The summed E-state index contributed by atoms with van der Waals surface area (Å²) in [5, 5.41) is 0. The van der Waals surface area contributed by atoms with Gasteiger partial charge in [-0.15, -0.1) is 0 Å². The van der Waals surface area contributed by atoms with E-state index < -0.39 is 9.84 Å². The van der Waals surface area contributed by atoms with Crippen molar-refractivity contribution in [3.63, 3.8) is 0 Å². The molecule has 29 heavy (non-hydrogen) atoms. The molecular weight excluding hydrogens is 394 g/mol. The summed E-state index contributed by atoms with van der Waals surface area (Å²) in [6.45, 7) is 0.320. The molecule has 1 heterocycles. The van der Waals surface area contributed by atoms with Gasteiger partial charge in [0.05, 0.1) is 25.7 Å². The first-order valence-electron chi connectivity index (χ1n) is 9.25. The molecule has 2 aromatic carbocycles. The number of nitrogens with zero attached hydrogens (tertiary/aromatic N) is 1. The van der Waals surface area contributed by atoms with E-state index in [-0.39, 0.29) is 23.5 Å². The summed E-state index contributed by atoms with van der Waals surface area (Å²) in [4.78, 5) is 14.4. The van der Waals surface area contributed by atoms with Gasteiger partial charge < -0.3 is 19.1 Å². The number of rotatable bonds is 7. The lowest BCUT2D eigenvalue weighted by Gasteiger charge is -2.24. The third-order valence-electron chi connectivity index (χ3n) is 5.01. The summed E-state index contributed by atoms with van der Waals surface area (Å²) >= 11 is 0. The molecule has 156 valence electrons. The summed E-state index contributed by atoms with van der Waals surface area (Å²) < 4.78 is 40.3. The van der Waals surface area contributed by atoms with Crippen molar-refractivity contribution in [3.8, 4) is 17.2 Å². The highest BCUT2D eigenvalue weighted by atomic mass is 32.2. The second-order valence-corrected chi connectivity index (χ2v) is 9.19. The average molecular weight is 419 g/mol. The SMILES string of the molecule is COc1cc(C(=O)N(C)C2CCS(=O)(=O)C2)cc(OC)c1OCc1ccccc1. The Morgan fingerprint density at radius 1 is 1.10 bits per heavy atom. The Labute approximate surface area is 171 Å². The first kappa shape index (κ1) is 21.0. The summed E-state index contributed by atoms with van der Waals surface area (Å²) in [5.41, 5.74) is 1.33. The maximum absolute atomic E-state index is 12.9. The van der Waals surface area contributed by atoms with Crippen LogP contribution in [0.25, 0.3) is 0 Å². The summed E-state index contributed by atoms with van der Waals surface area (Å²) in [7, 11) is 1.52. The van der Waals surface area contributed by atoms with Crippen molar-refractivity contribution in [1.82, 2.24) is 4.90 Å². The van der Waals surface area contributed by atoms with Crippen molar-refractivity contribution in [2.24, 2.45) is 0 Å². The second-order valence-electron chi connectivity index (χ2n) is 6.96. The minimum atomic E-state index is -3.09. The zero-order chi connectivity index (χ0) is 21.0. The third kappa shape index (κ3) is 4.82. The van der Waals surface area contributed by atoms with Gasteiger partial charge in [-0.3, -0.25) is 4.79 Å². The van der Waals surface area contributed by atoms with Gasteiger partial charge in [0.2, 0.25) is 5.75 Å². The largest absolute Gasteiger partial charge is 0.493 e. The molecule has 1 aliphatic heterocycles. The fourth-order valence-electron chi connectivity index (χ4n) is 3.33. The van der Waals surface area contributed by atoms with Crippen LogP contribution in [0.2, 0.25) is 0 Å². The molecule has 0 bridgehead atoms. The van der Waals surface area contributed by atoms with E-state index in [4.69, 9.17) is 14.2 Å². The van der Waals surface area contributed by atoms with Crippen LogP contribution in [0.1, 0.15) is 22.3 Å². The predicted molar refractivity (Wildman–Crippen MR) is 109 cm³/mol. The lowest BCUT2D eigenvalue weighted by Crippen LogP contribution is -2.37. The van der Waals surface area contributed by atoms with Crippen LogP contribution in [0.5, 0.6) is 17.2 Å². The lowest BCUT2D eigenvalue weighted by atomic mass is 10.1. The molecule has 1 amide bonds. The Hall–Kier alpha value is -2.74. The lowest BCUT2D eigenvalue weighted by molar-refractivity contribution is 0.0746. The Balaban J connectivity index is 1.84. The number of hydrogen-bond acceptors (Lipinski definition) is 6. The van der Waals surface area contributed by atoms with Crippen LogP contribution in [0.15, 0.2) is 42.5 Å². The van der Waals surface area contributed by atoms with Gasteiger partial charge in [-0.2, -0.15) is 0 Å². The van der Waals surface area contributed by atoms with Crippen LogP contribution in [0, 0.1) is 0 Å². The number of hydrogen-bond donors (Lipinski definition) is 0. The number of methoxy groups -OCH3 is 2. The summed E-state index contributed by atoms with van der Waals surface area (Å²) in [6.07, 6.45) is 0.442. The highest BCUT2D eigenvalue weighted by Crippen LogP contribution is 2.39. The van der Waals surface area contributed by atoms with E-state index in [0.29, 0.717) is 35.8 Å². The topological polar surface area (TPSA) is 82.1 Å².